The summed E-state index contributed by atoms with van der Waals surface area (Å²) in [5, 5.41) is 14.5. The van der Waals surface area contributed by atoms with Crippen LogP contribution in [0.25, 0.3) is 11.5 Å². The van der Waals surface area contributed by atoms with E-state index in [2.05, 4.69) is 30.8 Å². The van der Waals surface area contributed by atoms with Crippen molar-refractivity contribution in [3.8, 4) is 11.5 Å². The minimum absolute atomic E-state index is 0.0149. The molecule has 13 nitrogen and oxygen atoms in total. The highest BCUT2D eigenvalue weighted by Crippen LogP contribution is 2.22. The van der Waals surface area contributed by atoms with Crippen LogP contribution in [0, 0.1) is 0 Å². The van der Waals surface area contributed by atoms with Crippen LogP contribution in [0.15, 0.2) is 30.5 Å². The zero-order chi connectivity index (χ0) is 26.2. The number of sulfone groups is 1. The molecule has 194 valence electrons. The number of pyridine rings is 2. The molecule has 1 saturated heterocycles. The van der Waals surface area contributed by atoms with E-state index in [0.717, 1.165) is 11.1 Å². The van der Waals surface area contributed by atoms with E-state index >= 15 is 0 Å². The molecule has 14 heteroatoms. The number of nitrogens with one attached hydrogen (secondary N) is 1. The van der Waals surface area contributed by atoms with E-state index in [1.807, 2.05) is 13.8 Å². The fraction of sp³-hybridized carbons (Fsp3) is 0.435. The van der Waals surface area contributed by atoms with Gasteiger partial charge in [-0.1, -0.05) is 6.07 Å². The van der Waals surface area contributed by atoms with Crippen molar-refractivity contribution in [1.82, 2.24) is 40.0 Å². The van der Waals surface area contributed by atoms with Gasteiger partial charge < -0.3 is 15.1 Å². The molecule has 0 atom stereocenters. The Kier molecular flexibility index (Phi) is 6.58. The molecule has 0 spiro atoms. The lowest BCUT2D eigenvalue weighted by Crippen LogP contribution is -2.50. The molecule has 5 heterocycles. The highest BCUT2D eigenvalue weighted by Gasteiger charge is 2.30. The maximum atomic E-state index is 13.0. The van der Waals surface area contributed by atoms with E-state index < -0.39 is 15.7 Å². The van der Waals surface area contributed by atoms with Gasteiger partial charge in [0, 0.05) is 32.4 Å². The second-order valence-corrected chi connectivity index (χ2v) is 11.6. The first-order valence-corrected chi connectivity index (χ1v) is 13.8. The van der Waals surface area contributed by atoms with Crippen molar-refractivity contribution in [1.29, 1.82) is 0 Å². The van der Waals surface area contributed by atoms with Crippen LogP contribution in [0.4, 0.5) is 10.6 Å². The van der Waals surface area contributed by atoms with Crippen LogP contribution in [-0.4, -0.2) is 91.5 Å². The van der Waals surface area contributed by atoms with Gasteiger partial charge in [0.2, 0.25) is 5.82 Å². The van der Waals surface area contributed by atoms with Crippen molar-refractivity contribution >= 4 is 27.6 Å². The van der Waals surface area contributed by atoms with E-state index in [1.54, 1.807) is 44.9 Å². The Balaban J connectivity index is 1.28. The van der Waals surface area contributed by atoms with Crippen molar-refractivity contribution < 1.29 is 18.0 Å². The van der Waals surface area contributed by atoms with Gasteiger partial charge >= 0.3 is 6.03 Å². The summed E-state index contributed by atoms with van der Waals surface area (Å²) in [5.41, 5.74) is 2.54. The van der Waals surface area contributed by atoms with Crippen LogP contribution in [-0.2, 0) is 22.8 Å². The number of tetrazole rings is 1. The van der Waals surface area contributed by atoms with Crippen molar-refractivity contribution in [2.75, 3.05) is 36.5 Å². The minimum Gasteiger partial charge on any atom is -0.323 e. The van der Waals surface area contributed by atoms with Crippen molar-refractivity contribution in [3.05, 3.63) is 47.3 Å². The van der Waals surface area contributed by atoms with Gasteiger partial charge in [-0.2, -0.15) is 0 Å². The summed E-state index contributed by atoms with van der Waals surface area (Å²) in [4.78, 5) is 38.0. The summed E-state index contributed by atoms with van der Waals surface area (Å²) in [7, 11) is -3.07. The van der Waals surface area contributed by atoms with E-state index in [0.29, 0.717) is 36.8 Å². The van der Waals surface area contributed by atoms with Crippen LogP contribution in [0.2, 0.25) is 0 Å². The number of amides is 3. The van der Waals surface area contributed by atoms with Gasteiger partial charge in [-0.25, -0.2) is 22.9 Å². The van der Waals surface area contributed by atoms with E-state index in [1.165, 1.54) is 0 Å². The van der Waals surface area contributed by atoms with Crippen LogP contribution in [0.5, 0.6) is 0 Å². The third-order valence-corrected chi connectivity index (χ3v) is 8.02. The first-order chi connectivity index (χ1) is 17.7. The number of rotatable bonds is 4. The number of fused-ring (bicyclic) bond motifs is 1. The van der Waals surface area contributed by atoms with Gasteiger partial charge in [0.1, 0.15) is 17.2 Å². The maximum Gasteiger partial charge on any atom is 0.320 e. The lowest BCUT2D eigenvalue weighted by molar-refractivity contribution is 0.102. The molecule has 2 aliphatic heterocycles. The zero-order valence-electron chi connectivity index (χ0n) is 20.5. The topological polar surface area (TPSA) is 156 Å². The van der Waals surface area contributed by atoms with Gasteiger partial charge in [0.05, 0.1) is 17.5 Å². The summed E-state index contributed by atoms with van der Waals surface area (Å²) >= 11 is 0. The normalized spacial score (nSPS) is 16.9. The number of urea groups is 1. The SMILES string of the molecule is CC(C)n1nnnc1-c1cccc(NC(=O)c2cc3c(cn2)CCN(C(=O)N2CCS(=O)(=O)CC2)C3)n1. The highest BCUT2D eigenvalue weighted by atomic mass is 32.2. The molecule has 0 bridgehead atoms. The summed E-state index contributed by atoms with van der Waals surface area (Å²) < 4.78 is 25.0. The lowest BCUT2D eigenvalue weighted by Gasteiger charge is -2.35. The predicted octanol–water partition coefficient (Wildman–Crippen LogP) is 1.17. The minimum atomic E-state index is -3.07. The molecule has 2 aliphatic rings. The Morgan fingerprint density at radius 3 is 2.59 bits per heavy atom. The summed E-state index contributed by atoms with van der Waals surface area (Å²) in [6, 6.07) is 6.73. The summed E-state index contributed by atoms with van der Waals surface area (Å²) in [5.74, 6) is 0.366. The number of anilines is 1. The van der Waals surface area contributed by atoms with Crippen molar-refractivity contribution in [2.24, 2.45) is 0 Å². The second-order valence-electron chi connectivity index (χ2n) is 9.33. The number of hydrogen-bond acceptors (Lipinski definition) is 9. The fourth-order valence-electron chi connectivity index (χ4n) is 4.35. The number of carbonyl (C=O) groups is 2. The van der Waals surface area contributed by atoms with Gasteiger partial charge in [0.15, 0.2) is 9.84 Å². The average Bonchev–Trinajstić information content (AvgIpc) is 3.38. The predicted molar refractivity (Wildman–Crippen MR) is 133 cm³/mol. The maximum absolute atomic E-state index is 13.0. The molecule has 3 amide bonds. The van der Waals surface area contributed by atoms with Crippen LogP contribution in [0.3, 0.4) is 0 Å². The lowest BCUT2D eigenvalue weighted by atomic mass is 10.0. The molecular weight excluding hydrogens is 498 g/mol. The van der Waals surface area contributed by atoms with E-state index in [9.17, 15) is 18.0 Å². The van der Waals surface area contributed by atoms with Gasteiger partial charge in [-0.3, -0.25) is 9.78 Å². The van der Waals surface area contributed by atoms with Crippen LogP contribution < -0.4 is 5.32 Å². The number of nitrogens with zero attached hydrogens (tertiary/aromatic N) is 8. The molecule has 37 heavy (non-hydrogen) atoms. The molecule has 0 aromatic carbocycles. The first-order valence-electron chi connectivity index (χ1n) is 12.0. The monoisotopic (exact) mass is 525 g/mol. The number of hydrogen-bond donors (Lipinski definition) is 1. The first kappa shape index (κ1) is 24.7. The quantitative estimate of drug-likeness (QED) is 0.528. The fourth-order valence-corrected chi connectivity index (χ4v) is 5.55. The van der Waals surface area contributed by atoms with Gasteiger partial charge in [0.25, 0.3) is 5.91 Å². The Hall–Kier alpha value is -3.94. The molecule has 0 radical (unpaired) electrons. The smallest absolute Gasteiger partial charge is 0.320 e. The molecule has 1 fully saturated rings. The molecular formula is C23H27N9O4S. The molecule has 0 aliphatic carbocycles. The molecule has 1 N–H and O–H groups in total. The largest absolute Gasteiger partial charge is 0.323 e. The molecule has 0 unspecified atom stereocenters. The Morgan fingerprint density at radius 1 is 1.05 bits per heavy atom. The molecule has 5 rings (SSSR count). The summed E-state index contributed by atoms with van der Waals surface area (Å²) in [6.07, 6.45) is 2.27. The Morgan fingerprint density at radius 2 is 1.84 bits per heavy atom. The highest BCUT2D eigenvalue weighted by molar-refractivity contribution is 7.91. The Bertz CT molecular complexity index is 1440. The molecule has 3 aromatic rings. The van der Waals surface area contributed by atoms with Crippen molar-refractivity contribution in [3.63, 3.8) is 0 Å². The Labute approximate surface area is 213 Å². The van der Waals surface area contributed by atoms with Crippen molar-refractivity contribution in [2.45, 2.75) is 32.9 Å². The standard InChI is InChI=1S/C23H27N9O4S/c1-15(2)32-21(27-28-29-32)18-4-3-5-20(25-18)26-22(33)19-12-17-14-31(7-6-16(17)13-24-19)23(34)30-8-10-37(35,36)11-9-30/h3-5,12-13,15H,6-11,14H2,1-2H3,(H,25,26,33). The van der Waals surface area contributed by atoms with Crippen LogP contribution >= 0.6 is 0 Å². The third-order valence-electron chi connectivity index (χ3n) is 6.41. The summed E-state index contributed by atoms with van der Waals surface area (Å²) in [6.45, 7) is 5.15. The van der Waals surface area contributed by atoms with Gasteiger partial charge in [-0.15, -0.1) is 5.10 Å². The van der Waals surface area contributed by atoms with Crippen LogP contribution in [0.1, 0.15) is 41.5 Å². The molecule has 0 saturated carbocycles. The second kappa shape index (κ2) is 9.84. The zero-order valence-corrected chi connectivity index (χ0v) is 21.3. The number of aromatic nitrogens is 6. The third kappa shape index (κ3) is 5.28. The van der Waals surface area contributed by atoms with E-state index in [4.69, 9.17) is 0 Å². The average molecular weight is 526 g/mol. The molecule has 3 aromatic heterocycles. The number of carbonyl (C=O) groups excluding carboxylic acids is 2. The van der Waals surface area contributed by atoms with Gasteiger partial charge in [-0.05, 0) is 60.0 Å². The van der Waals surface area contributed by atoms with E-state index in [-0.39, 0.29) is 42.4 Å².